The first-order valence-electron chi connectivity index (χ1n) is 12.9. The minimum atomic E-state index is -1.11. The summed E-state index contributed by atoms with van der Waals surface area (Å²) in [5.41, 5.74) is 0.903. The van der Waals surface area contributed by atoms with Crippen molar-refractivity contribution in [3.63, 3.8) is 0 Å². The molecule has 1 aromatic rings. The number of carboxylic acid groups (broad SMARTS) is 1. The highest BCUT2D eigenvalue weighted by molar-refractivity contribution is 9.10. The summed E-state index contributed by atoms with van der Waals surface area (Å²) in [6, 6.07) is 7.28. The molecule has 37 heavy (non-hydrogen) atoms. The standard InChI is InChI=1S/C28H37BrO8/c1-3-23(36-24-7-5-4-6-22(24)29)28(35)37-25-14-19(31)12-17-9-8-16(2)21(27(17)25)11-10-18(30)13-20(32)15-26(33)34/h4-9,12,16,18-21,23,25,27,30-32H,3,10-11,13-15H2,1-2H3,(H,33,34)/t16-,18-,19-,20-,21+,23+,25+,27+/m1/s1. The predicted octanol–water partition coefficient (Wildman–Crippen LogP) is 4.01. The molecule has 9 heteroatoms. The summed E-state index contributed by atoms with van der Waals surface area (Å²) < 4.78 is 12.7. The maximum atomic E-state index is 13.2. The van der Waals surface area contributed by atoms with Crippen molar-refractivity contribution >= 4 is 27.9 Å². The highest BCUT2D eigenvalue weighted by Gasteiger charge is 2.42. The molecule has 2 aliphatic rings. The molecule has 4 N–H and O–H groups in total. The normalized spacial score (nSPS) is 27.4. The van der Waals surface area contributed by atoms with Crippen LogP contribution in [0.25, 0.3) is 0 Å². The lowest BCUT2D eigenvalue weighted by molar-refractivity contribution is -0.163. The Bertz CT molecular complexity index is 992. The Balaban J connectivity index is 1.71. The van der Waals surface area contributed by atoms with Crippen LogP contribution in [0.5, 0.6) is 5.75 Å². The van der Waals surface area contributed by atoms with Crippen LogP contribution in [0.15, 0.2) is 52.5 Å². The molecular formula is C28H37BrO8. The summed E-state index contributed by atoms with van der Waals surface area (Å²) in [4.78, 5) is 24.0. The van der Waals surface area contributed by atoms with E-state index in [0.717, 1.165) is 10.0 Å². The van der Waals surface area contributed by atoms with Crippen LogP contribution in [0.4, 0.5) is 0 Å². The molecule has 204 valence electrons. The van der Waals surface area contributed by atoms with E-state index < -0.39 is 48.9 Å². The van der Waals surface area contributed by atoms with Gasteiger partial charge in [0.1, 0.15) is 11.9 Å². The number of fused-ring (bicyclic) bond motifs is 1. The number of benzene rings is 1. The summed E-state index contributed by atoms with van der Waals surface area (Å²) in [7, 11) is 0. The Labute approximate surface area is 226 Å². The number of allylic oxidation sites excluding steroid dienone is 2. The van der Waals surface area contributed by atoms with Crippen LogP contribution in [-0.4, -0.2) is 62.9 Å². The van der Waals surface area contributed by atoms with Gasteiger partial charge in [-0.25, -0.2) is 4.79 Å². The minimum absolute atomic E-state index is 0.0156. The van der Waals surface area contributed by atoms with E-state index in [1.54, 1.807) is 12.1 Å². The fourth-order valence-electron chi connectivity index (χ4n) is 5.31. The van der Waals surface area contributed by atoms with Gasteiger partial charge >= 0.3 is 11.9 Å². The molecule has 3 rings (SSSR count). The molecule has 0 saturated carbocycles. The summed E-state index contributed by atoms with van der Waals surface area (Å²) in [6.45, 7) is 3.91. The fraction of sp³-hybridized carbons (Fsp3) is 0.571. The Morgan fingerprint density at radius 2 is 1.92 bits per heavy atom. The second-order valence-electron chi connectivity index (χ2n) is 10.0. The second-order valence-corrected chi connectivity index (χ2v) is 10.9. The molecule has 0 aromatic heterocycles. The highest BCUT2D eigenvalue weighted by atomic mass is 79.9. The molecule has 0 amide bonds. The third-order valence-corrected chi connectivity index (χ3v) is 7.82. The van der Waals surface area contributed by atoms with Gasteiger partial charge in [0, 0.05) is 12.3 Å². The van der Waals surface area contributed by atoms with E-state index in [2.05, 4.69) is 28.9 Å². The number of aliphatic carboxylic acids is 1. The van der Waals surface area contributed by atoms with Crippen molar-refractivity contribution in [3.8, 4) is 5.75 Å². The van der Waals surface area contributed by atoms with Gasteiger partial charge in [-0.2, -0.15) is 0 Å². The summed E-state index contributed by atoms with van der Waals surface area (Å²) in [6.07, 6.45) is 2.95. The van der Waals surface area contributed by atoms with Gasteiger partial charge in [-0.05, 0) is 71.2 Å². The Hall–Kier alpha value is -2.20. The molecule has 2 aliphatic carbocycles. The number of halogens is 1. The number of rotatable bonds is 12. The number of hydrogen-bond acceptors (Lipinski definition) is 7. The monoisotopic (exact) mass is 580 g/mol. The molecule has 0 bridgehead atoms. The van der Waals surface area contributed by atoms with Crippen molar-refractivity contribution < 1.29 is 39.5 Å². The number of carboxylic acids is 1. The van der Waals surface area contributed by atoms with Gasteiger partial charge in [0.25, 0.3) is 0 Å². The summed E-state index contributed by atoms with van der Waals surface area (Å²) in [5.74, 6) is -1.06. The molecule has 0 saturated heterocycles. The first-order chi connectivity index (χ1) is 17.6. The Morgan fingerprint density at radius 1 is 1.19 bits per heavy atom. The number of aliphatic hydroxyl groups excluding tert-OH is 3. The van der Waals surface area contributed by atoms with E-state index in [0.29, 0.717) is 25.0 Å². The van der Waals surface area contributed by atoms with Crippen LogP contribution in [0.3, 0.4) is 0 Å². The van der Waals surface area contributed by atoms with Gasteiger partial charge in [0.05, 0.1) is 29.2 Å². The number of ether oxygens (including phenoxy) is 2. The van der Waals surface area contributed by atoms with Gasteiger partial charge in [-0.1, -0.05) is 44.2 Å². The lowest BCUT2D eigenvalue weighted by Crippen LogP contribution is -2.44. The summed E-state index contributed by atoms with van der Waals surface area (Å²) >= 11 is 3.43. The van der Waals surface area contributed by atoms with Crippen molar-refractivity contribution in [3.05, 3.63) is 52.5 Å². The van der Waals surface area contributed by atoms with Crippen molar-refractivity contribution in [2.45, 2.75) is 82.9 Å². The quantitative estimate of drug-likeness (QED) is 0.272. The molecule has 0 radical (unpaired) electrons. The third kappa shape index (κ3) is 8.14. The molecule has 0 fully saturated rings. The largest absolute Gasteiger partial charge is 0.481 e. The zero-order valence-electron chi connectivity index (χ0n) is 21.2. The van der Waals surface area contributed by atoms with Crippen LogP contribution in [0.2, 0.25) is 0 Å². The average molecular weight is 582 g/mol. The molecule has 8 nitrogen and oxygen atoms in total. The van der Waals surface area contributed by atoms with E-state index >= 15 is 0 Å². The number of carbonyl (C=O) groups excluding carboxylic acids is 1. The first-order valence-corrected chi connectivity index (χ1v) is 13.7. The van der Waals surface area contributed by atoms with E-state index in [4.69, 9.17) is 14.6 Å². The highest BCUT2D eigenvalue weighted by Crippen LogP contribution is 2.44. The number of para-hydroxylation sites is 1. The van der Waals surface area contributed by atoms with Crippen LogP contribution in [0.1, 0.15) is 52.4 Å². The molecule has 0 heterocycles. The SMILES string of the molecule is CC[C@H](Oc1ccccc1Br)C(=O)O[C@H]1C[C@H](O)C=C2C=C[C@@H](C)[C@H](CC[C@@H](O)C[C@@H](O)CC(=O)O)[C@H]21. The zero-order valence-corrected chi connectivity index (χ0v) is 22.8. The second kappa shape index (κ2) is 13.6. The molecular weight excluding hydrogens is 544 g/mol. The smallest absolute Gasteiger partial charge is 0.347 e. The molecule has 0 unspecified atom stereocenters. The van der Waals surface area contributed by atoms with Crippen LogP contribution < -0.4 is 4.74 Å². The molecule has 0 aliphatic heterocycles. The van der Waals surface area contributed by atoms with Crippen LogP contribution in [0, 0.1) is 17.8 Å². The zero-order chi connectivity index (χ0) is 27.1. The van der Waals surface area contributed by atoms with Crippen LogP contribution in [-0.2, 0) is 14.3 Å². The van der Waals surface area contributed by atoms with Gasteiger partial charge in [0.15, 0.2) is 6.10 Å². The lowest BCUT2D eigenvalue weighted by Gasteiger charge is -2.43. The van der Waals surface area contributed by atoms with E-state index in [-0.39, 0.29) is 30.6 Å². The molecule has 1 aromatic carbocycles. The van der Waals surface area contributed by atoms with E-state index in [9.17, 15) is 24.9 Å². The third-order valence-electron chi connectivity index (χ3n) is 7.17. The number of hydrogen-bond donors (Lipinski definition) is 4. The summed E-state index contributed by atoms with van der Waals surface area (Å²) in [5, 5.41) is 39.6. The number of esters is 1. The first kappa shape index (κ1) is 29.4. The van der Waals surface area contributed by atoms with Gasteiger partial charge in [-0.15, -0.1) is 0 Å². The van der Waals surface area contributed by atoms with Gasteiger partial charge in [0.2, 0.25) is 0 Å². The average Bonchev–Trinajstić information content (AvgIpc) is 2.82. The topological polar surface area (TPSA) is 134 Å². The van der Waals surface area contributed by atoms with Crippen molar-refractivity contribution in [2.75, 3.05) is 0 Å². The van der Waals surface area contributed by atoms with Gasteiger partial charge < -0.3 is 29.9 Å². The van der Waals surface area contributed by atoms with Crippen molar-refractivity contribution in [1.82, 2.24) is 0 Å². The fourth-order valence-corrected chi connectivity index (χ4v) is 5.68. The number of aliphatic hydroxyl groups is 3. The van der Waals surface area contributed by atoms with Crippen LogP contribution >= 0.6 is 15.9 Å². The van der Waals surface area contributed by atoms with Crippen molar-refractivity contribution in [2.24, 2.45) is 17.8 Å². The lowest BCUT2D eigenvalue weighted by atomic mass is 9.66. The predicted molar refractivity (Wildman–Crippen MR) is 141 cm³/mol. The Morgan fingerprint density at radius 3 is 2.59 bits per heavy atom. The van der Waals surface area contributed by atoms with Crippen molar-refractivity contribution in [1.29, 1.82) is 0 Å². The molecule has 0 spiro atoms. The maximum absolute atomic E-state index is 13.2. The van der Waals surface area contributed by atoms with E-state index in [1.165, 1.54) is 0 Å². The Kier molecular flexibility index (Phi) is 10.8. The van der Waals surface area contributed by atoms with E-state index in [1.807, 2.05) is 31.2 Å². The number of carbonyl (C=O) groups is 2. The maximum Gasteiger partial charge on any atom is 0.347 e. The molecule has 8 atom stereocenters. The van der Waals surface area contributed by atoms with Gasteiger partial charge in [-0.3, -0.25) is 4.79 Å². The minimum Gasteiger partial charge on any atom is -0.481 e.